The van der Waals surface area contributed by atoms with Gasteiger partial charge in [-0.2, -0.15) is 5.10 Å². The first-order valence-electron chi connectivity index (χ1n) is 10.4. The van der Waals surface area contributed by atoms with Crippen molar-refractivity contribution in [2.24, 2.45) is 21.7 Å². The number of guanidine groups is 1. The average Bonchev–Trinajstić information content (AvgIpc) is 3.17. The molecule has 0 radical (unpaired) electrons. The van der Waals surface area contributed by atoms with Crippen LogP contribution in [0.1, 0.15) is 56.2 Å². The van der Waals surface area contributed by atoms with Gasteiger partial charge in [0.1, 0.15) is 5.82 Å². The molecule has 4 rings (SSSR count). The molecule has 3 aromatic rings. The molecule has 0 saturated carbocycles. The Kier molecular flexibility index (Phi) is 7.72. The van der Waals surface area contributed by atoms with Gasteiger partial charge in [-0.15, -0.1) is 5.10 Å². The van der Waals surface area contributed by atoms with Gasteiger partial charge in [-0.25, -0.2) is 4.98 Å². The standard InChI is InChI=1S/C22H28N8.CH4/c23-22(24)29-26-13-3-4-14-30(15-20-27-17-9-1-2-10-18(17)28-20)19-11-5-7-16-8-6-12-25-21(16)19;/h1-2,6,8-10,12-13,19H,3-5,7,11,14-15H2,(H,27,28)(H4,23,24,29);1H4/b26-13+;. The van der Waals surface area contributed by atoms with Crippen LogP contribution >= 0.6 is 0 Å². The number of H-pyrrole nitrogens is 1. The minimum absolute atomic E-state index is 0. The number of aryl methyl sites for hydroxylation is 1. The fourth-order valence-corrected chi connectivity index (χ4v) is 4.11. The molecule has 0 saturated heterocycles. The number of fused-ring (bicyclic) bond motifs is 2. The molecule has 5 N–H and O–H groups in total. The van der Waals surface area contributed by atoms with E-state index in [1.807, 2.05) is 30.5 Å². The van der Waals surface area contributed by atoms with Gasteiger partial charge >= 0.3 is 0 Å². The van der Waals surface area contributed by atoms with Crippen molar-refractivity contribution in [3.8, 4) is 0 Å². The molecule has 1 aliphatic rings. The zero-order valence-electron chi connectivity index (χ0n) is 17.0. The molecular formula is C23H32N8. The normalized spacial score (nSPS) is 15.7. The maximum absolute atomic E-state index is 5.30. The van der Waals surface area contributed by atoms with E-state index in [0.717, 1.165) is 55.6 Å². The Balaban J connectivity index is 0.00000272. The lowest BCUT2D eigenvalue weighted by atomic mass is 9.90. The van der Waals surface area contributed by atoms with Crippen molar-refractivity contribution in [2.45, 2.75) is 52.1 Å². The molecule has 2 heterocycles. The van der Waals surface area contributed by atoms with E-state index in [1.165, 1.54) is 17.7 Å². The number of aromatic nitrogens is 3. The Morgan fingerprint density at radius 3 is 2.94 bits per heavy atom. The van der Waals surface area contributed by atoms with E-state index < -0.39 is 0 Å². The van der Waals surface area contributed by atoms with Gasteiger partial charge in [0.05, 0.1) is 29.3 Å². The number of hydrogen-bond donors (Lipinski definition) is 3. The molecule has 8 heteroatoms. The average molecular weight is 421 g/mol. The highest BCUT2D eigenvalue weighted by atomic mass is 15.3. The molecule has 1 unspecified atom stereocenters. The number of nitrogens with zero attached hydrogens (tertiary/aromatic N) is 5. The highest BCUT2D eigenvalue weighted by Gasteiger charge is 2.27. The van der Waals surface area contributed by atoms with Crippen LogP contribution in [0.15, 0.2) is 52.8 Å². The molecule has 0 bridgehead atoms. The van der Waals surface area contributed by atoms with Crippen molar-refractivity contribution in [2.75, 3.05) is 6.54 Å². The maximum atomic E-state index is 5.30. The van der Waals surface area contributed by atoms with E-state index in [-0.39, 0.29) is 19.4 Å². The third-order valence-corrected chi connectivity index (χ3v) is 5.43. The smallest absolute Gasteiger partial charge is 0.211 e. The molecule has 0 fully saturated rings. The van der Waals surface area contributed by atoms with Gasteiger partial charge in [0.15, 0.2) is 0 Å². The van der Waals surface area contributed by atoms with Crippen LogP contribution in [0.2, 0.25) is 0 Å². The number of nitrogens with two attached hydrogens (primary N) is 2. The summed E-state index contributed by atoms with van der Waals surface area (Å²) in [5.41, 5.74) is 15.2. The summed E-state index contributed by atoms with van der Waals surface area (Å²) in [7, 11) is 0. The van der Waals surface area contributed by atoms with Crippen molar-refractivity contribution in [3.05, 3.63) is 59.7 Å². The van der Waals surface area contributed by atoms with Crippen LogP contribution in [-0.4, -0.2) is 38.6 Å². The molecule has 1 aromatic carbocycles. The highest BCUT2D eigenvalue weighted by Crippen LogP contribution is 2.33. The summed E-state index contributed by atoms with van der Waals surface area (Å²) in [6.07, 6.45) is 8.78. The highest BCUT2D eigenvalue weighted by molar-refractivity contribution is 5.76. The quantitative estimate of drug-likeness (QED) is 0.223. The lowest BCUT2D eigenvalue weighted by Gasteiger charge is -2.34. The number of imidazole rings is 1. The van der Waals surface area contributed by atoms with Crippen molar-refractivity contribution < 1.29 is 0 Å². The fourth-order valence-electron chi connectivity index (χ4n) is 4.11. The summed E-state index contributed by atoms with van der Waals surface area (Å²) in [4.78, 5) is 15.5. The number of aromatic amines is 1. The Labute approximate surface area is 183 Å². The number of rotatable bonds is 8. The molecule has 164 valence electrons. The second kappa shape index (κ2) is 10.7. The first-order chi connectivity index (χ1) is 14.7. The van der Waals surface area contributed by atoms with Crippen LogP contribution < -0.4 is 11.5 Å². The zero-order chi connectivity index (χ0) is 20.8. The predicted molar refractivity (Wildman–Crippen MR) is 127 cm³/mol. The number of hydrogen-bond acceptors (Lipinski definition) is 5. The van der Waals surface area contributed by atoms with Gasteiger partial charge in [0.25, 0.3) is 0 Å². The molecular weight excluding hydrogens is 388 g/mol. The Hall–Kier alpha value is -3.26. The molecule has 8 nitrogen and oxygen atoms in total. The Morgan fingerprint density at radius 1 is 1.23 bits per heavy atom. The monoisotopic (exact) mass is 420 g/mol. The number of nitrogens with one attached hydrogen (secondary N) is 1. The fraction of sp³-hybridized carbons (Fsp3) is 0.391. The van der Waals surface area contributed by atoms with E-state index in [1.54, 1.807) is 6.21 Å². The minimum Gasteiger partial charge on any atom is -0.369 e. The molecule has 0 aliphatic heterocycles. The summed E-state index contributed by atoms with van der Waals surface area (Å²) in [6, 6.07) is 12.7. The summed E-state index contributed by atoms with van der Waals surface area (Å²) in [6.45, 7) is 1.66. The third-order valence-electron chi connectivity index (χ3n) is 5.43. The van der Waals surface area contributed by atoms with Crippen molar-refractivity contribution in [3.63, 3.8) is 0 Å². The van der Waals surface area contributed by atoms with Gasteiger partial charge in [-0.1, -0.05) is 25.6 Å². The van der Waals surface area contributed by atoms with Gasteiger partial charge in [-0.05, 0) is 62.4 Å². The van der Waals surface area contributed by atoms with Crippen molar-refractivity contribution >= 4 is 23.2 Å². The van der Waals surface area contributed by atoms with Crippen molar-refractivity contribution in [1.82, 2.24) is 19.9 Å². The largest absolute Gasteiger partial charge is 0.369 e. The van der Waals surface area contributed by atoms with E-state index in [4.69, 9.17) is 21.4 Å². The number of pyridine rings is 1. The summed E-state index contributed by atoms with van der Waals surface area (Å²) < 4.78 is 0. The van der Waals surface area contributed by atoms with Crippen LogP contribution in [0.5, 0.6) is 0 Å². The minimum atomic E-state index is -0.0253. The predicted octanol–water partition coefficient (Wildman–Crippen LogP) is 3.51. The third kappa shape index (κ3) is 5.67. The molecule has 0 spiro atoms. The lowest BCUT2D eigenvalue weighted by molar-refractivity contribution is 0.161. The first kappa shape index (κ1) is 22.4. The van der Waals surface area contributed by atoms with Gasteiger partial charge in [-0.3, -0.25) is 9.88 Å². The summed E-state index contributed by atoms with van der Waals surface area (Å²) in [5.74, 6) is 0.955. The molecule has 0 amide bonds. The van der Waals surface area contributed by atoms with Crippen LogP contribution in [0, 0.1) is 0 Å². The van der Waals surface area contributed by atoms with E-state index >= 15 is 0 Å². The molecule has 2 aromatic heterocycles. The van der Waals surface area contributed by atoms with Gasteiger partial charge in [0, 0.05) is 12.4 Å². The SMILES string of the molecule is C.NC(N)=N/N=C/CCCN(Cc1nc2ccccc2[nH]1)C1CCCc2cccnc21. The molecule has 31 heavy (non-hydrogen) atoms. The van der Waals surface area contributed by atoms with Crippen LogP contribution in [0.25, 0.3) is 11.0 Å². The second-order valence-corrected chi connectivity index (χ2v) is 7.59. The Morgan fingerprint density at radius 2 is 2.10 bits per heavy atom. The Bertz CT molecular complexity index is 1000. The topological polar surface area (TPSA) is 122 Å². The van der Waals surface area contributed by atoms with Crippen LogP contribution in [0.4, 0.5) is 0 Å². The lowest BCUT2D eigenvalue weighted by Crippen LogP contribution is -2.33. The number of unbranched alkanes of at least 4 members (excludes halogenated alkanes) is 1. The second-order valence-electron chi connectivity index (χ2n) is 7.59. The van der Waals surface area contributed by atoms with Gasteiger partial charge in [0.2, 0.25) is 5.96 Å². The molecule has 1 aliphatic carbocycles. The van der Waals surface area contributed by atoms with Crippen molar-refractivity contribution in [1.29, 1.82) is 0 Å². The maximum Gasteiger partial charge on any atom is 0.211 e. The van der Waals surface area contributed by atoms with E-state index in [0.29, 0.717) is 0 Å². The summed E-state index contributed by atoms with van der Waals surface area (Å²) >= 11 is 0. The zero-order valence-corrected chi connectivity index (χ0v) is 17.0. The summed E-state index contributed by atoms with van der Waals surface area (Å²) in [5, 5.41) is 7.55. The van der Waals surface area contributed by atoms with Gasteiger partial charge < -0.3 is 16.5 Å². The first-order valence-corrected chi connectivity index (χ1v) is 10.4. The van der Waals surface area contributed by atoms with E-state index in [9.17, 15) is 0 Å². The van der Waals surface area contributed by atoms with Crippen LogP contribution in [-0.2, 0) is 13.0 Å². The van der Waals surface area contributed by atoms with Crippen LogP contribution in [0.3, 0.4) is 0 Å². The number of para-hydroxylation sites is 2. The van der Waals surface area contributed by atoms with E-state index in [2.05, 4.69) is 32.2 Å². The molecule has 1 atom stereocenters. The number of benzene rings is 1.